The van der Waals surface area contributed by atoms with Crippen LogP contribution in [0.4, 0.5) is 5.69 Å². The second-order valence-electron chi connectivity index (χ2n) is 2.39. The topological polar surface area (TPSA) is 82.8 Å². The Morgan fingerprint density at radius 2 is 2.29 bits per heavy atom. The van der Waals surface area contributed by atoms with Crippen LogP contribution >= 0.6 is 11.6 Å². The van der Waals surface area contributed by atoms with Crippen LogP contribution in [0, 0.1) is 11.3 Å². The van der Waals surface area contributed by atoms with Crippen LogP contribution in [0.25, 0.3) is 0 Å². The molecule has 0 radical (unpaired) electrons. The minimum atomic E-state index is -3.59. The van der Waals surface area contributed by atoms with Gasteiger partial charge in [0.25, 0.3) is 0 Å². The largest absolute Gasteiger partial charge is 0.281 e. The van der Waals surface area contributed by atoms with Crippen LogP contribution in [0.15, 0.2) is 18.3 Å². The van der Waals surface area contributed by atoms with E-state index in [2.05, 4.69) is 9.71 Å². The number of nitrogens with one attached hydrogen (secondary N) is 1. The van der Waals surface area contributed by atoms with Crippen molar-refractivity contribution in [3.05, 3.63) is 23.5 Å². The molecule has 1 aromatic rings. The maximum absolute atomic E-state index is 11.1. The Hall–Kier alpha value is -1.32. The van der Waals surface area contributed by atoms with Crippen LogP contribution in [-0.4, -0.2) is 19.2 Å². The number of halogens is 1. The number of hydrogen-bond donors (Lipinski definition) is 1. The quantitative estimate of drug-likeness (QED) is 0.787. The SMILES string of the molecule is N#CCS(=O)(=O)Nc1ccc(Cl)nc1. The number of nitriles is 1. The van der Waals surface area contributed by atoms with E-state index in [9.17, 15) is 8.42 Å². The molecule has 0 saturated carbocycles. The van der Waals surface area contributed by atoms with Crippen molar-refractivity contribution < 1.29 is 8.42 Å². The minimum absolute atomic E-state index is 0.272. The molecule has 14 heavy (non-hydrogen) atoms. The normalized spacial score (nSPS) is 10.6. The monoisotopic (exact) mass is 231 g/mol. The molecule has 0 aliphatic heterocycles. The molecule has 0 aliphatic rings. The van der Waals surface area contributed by atoms with Crippen molar-refractivity contribution in [2.24, 2.45) is 0 Å². The van der Waals surface area contributed by atoms with Gasteiger partial charge in [0, 0.05) is 0 Å². The van der Waals surface area contributed by atoms with Crippen molar-refractivity contribution in [2.75, 3.05) is 10.5 Å². The molecule has 0 spiro atoms. The van der Waals surface area contributed by atoms with E-state index in [1.165, 1.54) is 18.3 Å². The molecule has 1 heterocycles. The second kappa shape index (κ2) is 4.26. The maximum atomic E-state index is 11.1. The molecule has 5 nitrogen and oxygen atoms in total. The first-order valence-corrected chi connectivity index (χ1v) is 5.55. The lowest BCUT2D eigenvalue weighted by Gasteiger charge is -2.03. The van der Waals surface area contributed by atoms with Crippen molar-refractivity contribution in [1.82, 2.24) is 4.98 Å². The fourth-order valence-corrected chi connectivity index (χ4v) is 1.57. The van der Waals surface area contributed by atoms with Gasteiger partial charge in [-0.2, -0.15) is 5.26 Å². The second-order valence-corrected chi connectivity index (χ2v) is 4.50. The van der Waals surface area contributed by atoms with Gasteiger partial charge in [0.05, 0.1) is 18.0 Å². The van der Waals surface area contributed by atoms with Crippen LogP contribution in [-0.2, 0) is 10.0 Å². The van der Waals surface area contributed by atoms with E-state index in [-0.39, 0.29) is 10.8 Å². The summed E-state index contributed by atoms with van der Waals surface area (Å²) in [5, 5.41) is 8.49. The Morgan fingerprint density at radius 1 is 1.57 bits per heavy atom. The average molecular weight is 232 g/mol. The number of sulfonamides is 1. The van der Waals surface area contributed by atoms with Crippen LogP contribution in [0.2, 0.25) is 5.15 Å². The molecule has 0 saturated heterocycles. The van der Waals surface area contributed by atoms with Gasteiger partial charge in [0.2, 0.25) is 10.0 Å². The summed E-state index contributed by atoms with van der Waals surface area (Å²) in [4.78, 5) is 3.68. The predicted molar refractivity (Wildman–Crippen MR) is 52.3 cm³/mol. The van der Waals surface area contributed by atoms with Gasteiger partial charge < -0.3 is 0 Å². The summed E-state index contributed by atoms with van der Waals surface area (Å²) in [7, 11) is -3.59. The number of hydrogen-bond acceptors (Lipinski definition) is 4. The Labute approximate surface area is 86.4 Å². The summed E-state index contributed by atoms with van der Waals surface area (Å²) in [5.41, 5.74) is 0.282. The zero-order valence-corrected chi connectivity index (χ0v) is 8.51. The highest BCUT2D eigenvalue weighted by Gasteiger charge is 2.08. The number of anilines is 1. The predicted octanol–water partition coefficient (Wildman–Crippen LogP) is 1.00. The van der Waals surface area contributed by atoms with Gasteiger partial charge >= 0.3 is 0 Å². The fraction of sp³-hybridized carbons (Fsp3) is 0.143. The third-order valence-corrected chi connectivity index (χ3v) is 2.53. The standard InChI is InChI=1S/C7H6ClN3O2S/c8-7-2-1-6(5-10-7)11-14(12,13)4-3-9/h1-2,5,11H,4H2. The van der Waals surface area contributed by atoms with E-state index in [0.29, 0.717) is 0 Å². The molecule has 7 heteroatoms. The molecule has 0 fully saturated rings. The van der Waals surface area contributed by atoms with E-state index < -0.39 is 15.8 Å². The zero-order chi connectivity index (χ0) is 10.6. The lowest BCUT2D eigenvalue weighted by Crippen LogP contribution is -2.15. The summed E-state index contributed by atoms with van der Waals surface area (Å²) in [6.07, 6.45) is 1.28. The Balaban J connectivity index is 2.80. The number of nitrogens with zero attached hydrogens (tertiary/aromatic N) is 2. The van der Waals surface area contributed by atoms with E-state index in [1.54, 1.807) is 6.07 Å². The van der Waals surface area contributed by atoms with Crippen molar-refractivity contribution >= 4 is 27.3 Å². The van der Waals surface area contributed by atoms with Gasteiger partial charge in [0.15, 0.2) is 5.75 Å². The van der Waals surface area contributed by atoms with E-state index in [1.807, 2.05) is 0 Å². The summed E-state index contributed by atoms with van der Waals surface area (Å²) < 4.78 is 24.4. The van der Waals surface area contributed by atoms with Crippen LogP contribution in [0.5, 0.6) is 0 Å². The third kappa shape index (κ3) is 3.20. The van der Waals surface area contributed by atoms with Crippen LogP contribution in [0.1, 0.15) is 0 Å². The molecule has 0 unspecified atom stereocenters. The number of aromatic nitrogens is 1. The van der Waals surface area contributed by atoms with Crippen LogP contribution in [0.3, 0.4) is 0 Å². The molecular formula is C7H6ClN3O2S. The minimum Gasteiger partial charge on any atom is -0.281 e. The molecule has 0 bridgehead atoms. The highest BCUT2D eigenvalue weighted by Crippen LogP contribution is 2.11. The lowest BCUT2D eigenvalue weighted by atomic mass is 10.4. The van der Waals surface area contributed by atoms with Crippen molar-refractivity contribution in [3.8, 4) is 6.07 Å². The summed E-state index contributed by atoms with van der Waals surface area (Å²) >= 11 is 5.50. The molecule has 1 N–H and O–H groups in total. The molecule has 1 aromatic heterocycles. The highest BCUT2D eigenvalue weighted by molar-refractivity contribution is 7.92. The van der Waals surface area contributed by atoms with E-state index >= 15 is 0 Å². The first-order chi connectivity index (χ1) is 6.53. The summed E-state index contributed by atoms with van der Waals surface area (Å²) in [5.74, 6) is -0.588. The zero-order valence-electron chi connectivity index (χ0n) is 6.94. The van der Waals surface area contributed by atoms with Gasteiger partial charge in [0.1, 0.15) is 5.15 Å². The average Bonchev–Trinajstić information content (AvgIpc) is 2.08. The molecular weight excluding hydrogens is 226 g/mol. The Kier molecular flexibility index (Phi) is 3.28. The summed E-state index contributed by atoms with van der Waals surface area (Å²) in [6, 6.07) is 4.46. The molecule has 0 amide bonds. The maximum Gasteiger partial charge on any atom is 0.246 e. The molecule has 0 aromatic carbocycles. The van der Waals surface area contributed by atoms with Crippen molar-refractivity contribution in [1.29, 1.82) is 5.26 Å². The van der Waals surface area contributed by atoms with Crippen molar-refractivity contribution in [2.45, 2.75) is 0 Å². The summed E-state index contributed by atoms with van der Waals surface area (Å²) in [6.45, 7) is 0. The molecule has 0 atom stereocenters. The molecule has 74 valence electrons. The Morgan fingerprint density at radius 3 is 2.79 bits per heavy atom. The van der Waals surface area contributed by atoms with Gasteiger partial charge in [-0.3, -0.25) is 4.72 Å². The number of pyridine rings is 1. The third-order valence-electron chi connectivity index (χ3n) is 1.26. The first kappa shape index (κ1) is 10.8. The fourth-order valence-electron chi connectivity index (χ4n) is 0.737. The highest BCUT2D eigenvalue weighted by atomic mass is 35.5. The molecule has 0 aliphatic carbocycles. The van der Waals surface area contributed by atoms with Crippen LogP contribution < -0.4 is 4.72 Å². The van der Waals surface area contributed by atoms with E-state index in [0.717, 1.165) is 0 Å². The molecule has 1 rings (SSSR count). The van der Waals surface area contributed by atoms with Gasteiger partial charge in [-0.25, -0.2) is 13.4 Å². The van der Waals surface area contributed by atoms with E-state index in [4.69, 9.17) is 16.9 Å². The first-order valence-electron chi connectivity index (χ1n) is 3.52. The smallest absolute Gasteiger partial charge is 0.246 e. The van der Waals surface area contributed by atoms with Crippen molar-refractivity contribution in [3.63, 3.8) is 0 Å². The van der Waals surface area contributed by atoms with Gasteiger partial charge in [-0.15, -0.1) is 0 Å². The van der Waals surface area contributed by atoms with Gasteiger partial charge in [-0.1, -0.05) is 11.6 Å². The Bertz CT molecular complexity index is 449. The lowest BCUT2D eigenvalue weighted by molar-refractivity contribution is 0.604. The number of rotatable bonds is 3. The van der Waals surface area contributed by atoms with Gasteiger partial charge in [-0.05, 0) is 12.1 Å².